The normalized spacial score (nSPS) is 18.1. The summed E-state index contributed by atoms with van der Waals surface area (Å²) in [6, 6.07) is 14.5. The van der Waals surface area contributed by atoms with E-state index in [4.69, 9.17) is 0 Å². The molecule has 1 aliphatic rings. The second kappa shape index (κ2) is 9.19. The Balaban J connectivity index is 1.72. The number of carbonyl (C=O) groups is 3. The van der Waals surface area contributed by atoms with Gasteiger partial charge in [0.25, 0.3) is 5.91 Å². The molecule has 29 heavy (non-hydrogen) atoms. The van der Waals surface area contributed by atoms with Crippen molar-refractivity contribution in [3.05, 3.63) is 77.4 Å². The van der Waals surface area contributed by atoms with E-state index in [-0.39, 0.29) is 12.3 Å². The lowest BCUT2D eigenvalue weighted by Crippen LogP contribution is -2.41. The molecule has 2 aromatic carbocycles. The second-order valence-electron chi connectivity index (χ2n) is 7.12. The molecule has 2 amide bonds. The lowest BCUT2D eigenvalue weighted by atomic mass is 9.82. The molecule has 3 rings (SSSR count). The third-order valence-corrected chi connectivity index (χ3v) is 5.20. The first kappa shape index (κ1) is 20.3. The number of para-hydroxylation sites is 1. The largest absolute Gasteiger partial charge is 0.550 e. The fraction of sp³-hybridized carbons (Fsp3) is 0.261. The first-order chi connectivity index (χ1) is 14.0. The van der Waals surface area contributed by atoms with E-state index >= 15 is 0 Å². The standard InChI is InChI=1S/C23H24N2O4/c1-15-8-2-3-9-16(15)14-24-21(26)19-12-6-7-13-20(19)25-22(27)17-10-4-5-11-18(17)23(28)29/h2-9,12-13,17-18H,10-11,14H2,1H3,(H,24,26)(H,25,27)(H,28,29)/p-1/t17-,18+/m1/s1. The Morgan fingerprint density at radius 3 is 2.34 bits per heavy atom. The van der Waals surface area contributed by atoms with Crippen molar-refractivity contribution < 1.29 is 19.5 Å². The molecular weight excluding hydrogens is 368 g/mol. The molecule has 0 aromatic heterocycles. The van der Waals surface area contributed by atoms with E-state index in [0.717, 1.165) is 11.1 Å². The van der Waals surface area contributed by atoms with E-state index in [1.165, 1.54) is 0 Å². The van der Waals surface area contributed by atoms with Crippen molar-refractivity contribution in [1.82, 2.24) is 5.32 Å². The number of nitrogens with one attached hydrogen (secondary N) is 2. The maximum atomic E-state index is 12.7. The summed E-state index contributed by atoms with van der Waals surface area (Å²) < 4.78 is 0. The first-order valence-corrected chi connectivity index (χ1v) is 9.56. The van der Waals surface area contributed by atoms with Gasteiger partial charge in [0, 0.05) is 18.4 Å². The van der Waals surface area contributed by atoms with Gasteiger partial charge >= 0.3 is 0 Å². The molecule has 0 aliphatic heterocycles. The summed E-state index contributed by atoms with van der Waals surface area (Å²) in [5, 5.41) is 17.0. The molecule has 1 aliphatic carbocycles. The molecule has 0 bridgehead atoms. The number of amides is 2. The zero-order valence-electron chi connectivity index (χ0n) is 16.2. The highest BCUT2D eigenvalue weighted by Gasteiger charge is 2.30. The van der Waals surface area contributed by atoms with Gasteiger partial charge in [-0.05, 0) is 43.0 Å². The van der Waals surface area contributed by atoms with Gasteiger partial charge in [-0.25, -0.2) is 0 Å². The average molecular weight is 391 g/mol. The van der Waals surface area contributed by atoms with Gasteiger partial charge < -0.3 is 20.5 Å². The van der Waals surface area contributed by atoms with E-state index in [1.54, 1.807) is 36.4 Å². The first-order valence-electron chi connectivity index (χ1n) is 9.56. The SMILES string of the molecule is Cc1ccccc1CNC(=O)c1ccccc1NC(=O)[C@@H]1CC=CC[C@@H]1C(=O)[O-]. The molecule has 0 unspecified atom stereocenters. The summed E-state index contributed by atoms with van der Waals surface area (Å²) >= 11 is 0. The van der Waals surface area contributed by atoms with Crippen LogP contribution in [0.1, 0.15) is 34.3 Å². The van der Waals surface area contributed by atoms with Crippen LogP contribution in [0.4, 0.5) is 5.69 Å². The minimum atomic E-state index is -1.24. The van der Waals surface area contributed by atoms with E-state index < -0.39 is 23.7 Å². The molecule has 6 heteroatoms. The Kier molecular flexibility index (Phi) is 6.44. The van der Waals surface area contributed by atoms with Gasteiger partial charge in [-0.3, -0.25) is 9.59 Å². The highest BCUT2D eigenvalue weighted by atomic mass is 16.4. The summed E-state index contributed by atoms with van der Waals surface area (Å²) in [4.78, 5) is 36.8. The van der Waals surface area contributed by atoms with Crippen molar-refractivity contribution in [2.75, 3.05) is 5.32 Å². The lowest BCUT2D eigenvalue weighted by molar-refractivity contribution is -0.313. The number of allylic oxidation sites excluding steroid dienone is 2. The minimum absolute atomic E-state index is 0.263. The van der Waals surface area contributed by atoms with Crippen LogP contribution < -0.4 is 15.7 Å². The number of carbonyl (C=O) groups excluding carboxylic acids is 3. The number of aryl methyl sites for hydroxylation is 1. The van der Waals surface area contributed by atoms with Crippen molar-refractivity contribution in [3.63, 3.8) is 0 Å². The zero-order chi connectivity index (χ0) is 20.8. The summed E-state index contributed by atoms with van der Waals surface area (Å²) in [5.41, 5.74) is 2.76. The molecular formula is C23H23N2O4-. The molecule has 6 nitrogen and oxygen atoms in total. The number of anilines is 1. The molecule has 0 radical (unpaired) electrons. The van der Waals surface area contributed by atoms with Crippen molar-refractivity contribution in [3.8, 4) is 0 Å². The minimum Gasteiger partial charge on any atom is -0.550 e. The Morgan fingerprint density at radius 2 is 1.62 bits per heavy atom. The van der Waals surface area contributed by atoms with Gasteiger partial charge in [-0.2, -0.15) is 0 Å². The predicted octanol–water partition coefficient (Wildman–Crippen LogP) is 2.20. The van der Waals surface area contributed by atoms with Crippen LogP contribution in [0, 0.1) is 18.8 Å². The van der Waals surface area contributed by atoms with Crippen LogP contribution in [0.5, 0.6) is 0 Å². The Bertz CT molecular complexity index is 951. The highest BCUT2D eigenvalue weighted by Crippen LogP contribution is 2.27. The smallest absolute Gasteiger partial charge is 0.253 e. The summed E-state index contributed by atoms with van der Waals surface area (Å²) in [6.07, 6.45) is 4.13. The molecule has 2 atom stereocenters. The van der Waals surface area contributed by atoms with E-state index in [9.17, 15) is 19.5 Å². The Labute approximate surface area is 169 Å². The van der Waals surface area contributed by atoms with E-state index in [1.807, 2.05) is 31.2 Å². The van der Waals surface area contributed by atoms with Crippen LogP contribution in [0.2, 0.25) is 0 Å². The summed E-state index contributed by atoms with van der Waals surface area (Å²) in [6.45, 7) is 2.34. The van der Waals surface area contributed by atoms with Gasteiger partial charge in [0.1, 0.15) is 0 Å². The van der Waals surface area contributed by atoms with Crippen LogP contribution in [0.15, 0.2) is 60.7 Å². The van der Waals surface area contributed by atoms with Crippen molar-refractivity contribution >= 4 is 23.5 Å². The maximum absolute atomic E-state index is 12.7. The summed E-state index contributed by atoms with van der Waals surface area (Å²) in [7, 11) is 0. The van der Waals surface area contributed by atoms with Gasteiger partial charge in [0.05, 0.1) is 17.2 Å². The van der Waals surface area contributed by atoms with Gasteiger partial charge in [-0.1, -0.05) is 48.6 Å². The van der Waals surface area contributed by atoms with E-state index in [2.05, 4.69) is 10.6 Å². The Morgan fingerprint density at radius 1 is 0.966 bits per heavy atom. The lowest BCUT2D eigenvalue weighted by Gasteiger charge is -2.28. The van der Waals surface area contributed by atoms with Crippen LogP contribution in [-0.4, -0.2) is 17.8 Å². The average Bonchev–Trinajstić information content (AvgIpc) is 2.73. The number of aliphatic carboxylic acids is 1. The molecule has 2 aromatic rings. The number of hydrogen-bond acceptors (Lipinski definition) is 4. The molecule has 0 saturated heterocycles. The van der Waals surface area contributed by atoms with Crippen molar-refractivity contribution in [2.24, 2.45) is 11.8 Å². The number of hydrogen-bond donors (Lipinski definition) is 2. The highest BCUT2D eigenvalue weighted by molar-refractivity contribution is 6.04. The van der Waals surface area contributed by atoms with E-state index in [0.29, 0.717) is 24.2 Å². The van der Waals surface area contributed by atoms with Crippen LogP contribution in [-0.2, 0) is 16.1 Å². The molecule has 0 fully saturated rings. The second-order valence-corrected chi connectivity index (χ2v) is 7.12. The van der Waals surface area contributed by atoms with Crippen molar-refractivity contribution in [1.29, 1.82) is 0 Å². The predicted molar refractivity (Wildman–Crippen MR) is 108 cm³/mol. The molecule has 0 saturated carbocycles. The topological polar surface area (TPSA) is 98.3 Å². The van der Waals surface area contributed by atoms with Crippen molar-refractivity contribution in [2.45, 2.75) is 26.3 Å². The molecule has 0 spiro atoms. The molecule has 150 valence electrons. The Hall–Kier alpha value is -3.41. The number of rotatable bonds is 6. The summed E-state index contributed by atoms with van der Waals surface area (Å²) in [5.74, 6) is -3.58. The monoisotopic (exact) mass is 391 g/mol. The fourth-order valence-corrected chi connectivity index (χ4v) is 3.46. The number of carboxylic acids is 1. The fourth-order valence-electron chi connectivity index (χ4n) is 3.46. The molecule has 2 N–H and O–H groups in total. The van der Waals surface area contributed by atoms with Gasteiger partial charge in [0.15, 0.2) is 0 Å². The molecule has 0 heterocycles. The van der Waals surface area contributed by atoms with Crippen LogP contribution >= 0.6 is 0 Å². The third-order valence-electron chi connectivity index (χ3n) is 5.20. The third kappa shape index (κ3) is 4.90. The quantitative estimate of drug-likeness (QED) is 0.738. The van der Waals surface area contributed by atoms with Crippen LogP contribution in [0.3, 0.4) is 0 Å². The van der Waals surface area contributed by atoms with Gasteiger partial charge in [-0.15, -0.1) is 0 Å². The maximum Gasteiger partial charge on any atom is 0.253 e. The van der Waals surface area contributed by atoms with Gasteiger partial charge in [0.2, 0.25) is 5.91 Å². The number of benzene rings is 2. The number of carboxylic acid groups (broad SMARTS) is 1. The zero-order valence-corrected chi connectivity index (χ0v) is 16.2. The van der Waals surface area contributed by atoms with Crippen LogP contribution in [0.25, 0.3) is 0 Å².